The number of anilines is 1. The van der Waals surface area contributed by atoms with E-state index in [4.69, 9.17) is 0 Å². The van der Waals surface area contributed by atoms with Gasteiger partial charge in [0, 0.05) is 13.0 Å². The standard InChI is InChI=1S/C15H21F3N2O3S/c1-11(2)24(22,23)19-10-6-5-9-14(21)20-13-8-4-3-7-12(13)15(16,17)18/h3-4,7-8,11,19H,5-6,9-10H2,1-2H3,(H,20,21). The third-order valence-electron chi connectivity index (χ3n) is 3.26. The van der Waals surface area contributed by atoms with E-state index in [1.54, 1.807) is 13.8 Å². The van der Waals surface area contributed by atoms with Crippen molar-refractivity contribution in [2.45, 2.75) is 44.5 Å². The number of hydrogen-bond donors (Lipinski definition) is 2. The Morgan fingerprint density at radius 2 is 1.79 bits per heavy atom. The Morgan fingerprint density at radius 1 is 1.17 bits per heavy atom. The summed E-state index contributed by atoms with van der Waals surface area (Å²) in [7, 11) is -3.34. The van der Waals surface area contributed by atoms with Gasteiger partial charge in [-0.25, -0.2) is 13.1 Å². The first-order valence-electron chi connectivity index (χ1n) is 7.48. The van der Waals surface area contributed by atoms with Gasteiger partial charge < -0.3 is 5.32 Å². The minimum Gasteiger partial charge on any atom is -0.326 e. The number of carbonyl (C=O) groups is 1. The Labute approximate surface area is 139 Å². The fourth-order valence-electron chi connectivity index (χ4n) is 1.84. The van der Waals surface area contributed by atoms with Gasteiger partial charge >= 0.3 is 6.18 Å². The van der Waals surface area contributed by atoms with Gasteiger partial charge in [0.2, 0.25) is 15.9 Å². The van der Waals surface area contributed by atoms with Crippen LogP contribution in [0.25, 0.3) is 0 Å². The molecule has 0 aromatic heterocycles. The smallest absolute Gasteiger partial charge is 0.326 e. The number of benzene rings is 1. The van der Waals surface area contributed by atoms with E-state index < -0.39 is 32.9 Å². The van der Waals surface area contributed by atoms with E-state index in [-0.39, 0.29) is 18.7 Å². The monoisotopic (exact) mass is 366 g/mol. The number of nitrogens with one attached hydrogen (secondary N) is 2. The van der Waals surface area contributed by atoms with Crippen molar-refractivity contribution in [3.05, 3.63) is 29.8 Å². The van der Waals surface area contributed by atoms with Gasteiger partial charge in [-0.3, -0.25) is 4.79 Å². The first-order chi connectivity index (χ1) is 11.0. The van der Waals surface area contributed by atoms with Crippen molar-refractivity contribution in [3.8, 4) is 0 Å². The molecule has 0 heterocycles. The van der Waals surface area contributed by atoms with Gasteiger partial charge in [-0.05, 0) is 38.8 Å². The van der Waals surface area contributed by atoms with Crippen molar-refractivity contribution < 1.29 is 26.4 Å². The molecule has 2 N–H and O–H groups in total. The summed E-state index contributed by atoms with van der Waals surface area (Å²) in [6.45, 7) is 3.29. The Morgan fingerprint density at radius 3 is 2.38 bits per heavy atom. The third-order valence-corrected chi connectivity index (χ3v) is 5.11. The van der Waals surface area contributed by atoms with E-state index in [1.807, 2.05) is 0 Å². The lowest BCUT2D eigenvalue weighted by atomic mass is 10.1. The lowest BCUT2D eigenvalue weighted by molar-refractivity contribution is -0.137. The molecule has 0 saturated heterocycles. The zero-order chi connectivity index (χ0) is 18.4. The molecule has 0 bridgehead atoms. The minimum absolute atomic E-state index is 0.00952. The van der Waals surface area contributed by atoms with E-state index in [1.165, 1.54) is 18.2 Å². The van der Waals surface area contributed by atoms with Crippen LogP contribution in [-0.2, 0) is 21.0 Å². The fourth-order valence-corrected chi connectivity index (χ4v) is 2.61. The van der Waals surface area contributed by atoms with Crippen LogP contribution >= 0.6 is 0 Å². The molecule has 1 aromatic carbocycles. The fraction of sp³-hybridized carbons (Fsp3) is 0.533. The summed E-state index contributed by atoms with van der Waals surface area (Å²) < 4.78 is 63.8. The third kappa shape index (κ3) is 6.48. The molecule has 0 fully saturated rings. The van der Waals surface area contributed by atoms with Gasteiger partial charge in [0.15, 0.2) is 0 Å². The lowest BCUT2D eigenvalue weighted by Crippen LogP contribution is -2.31. The van der Waals surface area contributed by atoms with Gasteiger partial charge in [-0.2, -0.15) is 13.2 Å². The van der Waals surface area contributed by atoms with Crippen molar-refractivity contribution in [3.63, 3.8) is 0 Å². The molecular weight excluding hydrogens is 345 g/mol. The van der Waals surface area contributed by atoms with Crippen LogP contribution in [0.4, 0.5) is 18.9 Å². The predicted molar refractivity (Wildman–Crippen MR) is 86.0 cm³/mol. The zero-order valence-corrected chi connectivity index (χ0v) is 14.3. The van der Waals surface area contributed by atoms with Crippen LogP contribution in [0.3, 0.4) is 0 Å². The number of para-hydroxylation sites is 1. The SMILES string of the molecule is CC(C)S(=O)(=O)NCCCCC(=O)Nc1ccccc1C(F)(F)F. The second-order valence-corrected chi connectivity index (χ2v) is 7.86. The number of unbranched alkanes of at least 4 members (excludes halogenated alkanes) is 1. The molecule has 5 nitrogen and oxygen atoms in total. The van der Waals surface area contributed by atoms with Crippen LogP contribution in [0.2, 0.25) is 0 Å². The summed E-state index contributed by atoms with van der Waals surface area (Å²) in [5, 5.41) is 1.70. The number of amides is 1. The van der Waals surface area contributed by atoms with Gasteiger partial charge in [-0.15, -0.1) is 0 Å². The molecule has 9 heteroatoms. The van der Waals surface area contributed by atoms with Crippen LogP contribution in [0.15, 0.2) is 24.3 Å². The summed E-state index contributed by atoms with van der Waals surface area (Å²) in [6.07, 6.45) is -3.75. The molecule has 0 atom stereocenters. The first-order valence-corrected chi connectivity index (χ1v) is 9.03. The quantitative estimate of drug-likeness (QED) is 0.694. The molecule has 24 heavy (non-hydrogen) atoms. The van der Waals surface area contributed by atoms with E-state index in [0.29, 0.717) is 12.8 Å². The van der Waals surface area contributed by atoms with Crippen molar-refractivity contribution in [2.24, 2.45) is 0 Å². The lowest BCUT2D eigenvalue weighted by Gasteiger charge is -2.13. The van der Waals surface area contributed by atoms with E-state index >= 15 is 0 Å². The normalized spacial score (nSPS) is 12.4. The highest BCUT2D eigenvalue weighted by Crippen LogP contribution is 2.34. The number of hydrogen-bond acceptors (Lipinski definition) is 3. The zero-order valence-electron chi connectivity index (χ0n) is 13.5. The van der Waals surface area contributed by atoms with Crippen LogP contribution < -0.4 is 10.0 Å². The molecule has 0 aliphatic heterocycles. The molecule has 1 aromatic rings. The maximum absolute atomic E-state index is 12.8. The number of halogens is 3. The summed E-state index contributed by atoms with van der Waals surface area (Å²) in [4.78, 5) is 11.7. The van der Waals surface area contributed by atoms with Crippen LogP contribution in [0.1, 0.15) is 38.7 Å². The Kier molecular flexibility index (Phi) is 7.22. The van der Waals surface area contributed by atoms with Gasteiger partial charge in [0.25, 0.3) is 0 Å². The van der Waals surface area contributed by atoms with E-state index in [9.17, 15) is 26.4 Å². The largest absolute Gasteiger partial charge is 0.418 e. The Hall–Kier alpha value is -1.61. The average Bonchev–Trinajstić information content (AvgIpc) is 2.46. The van der Waals surface area contributed by atoms with Crippen molar-refractivity contribution in [1.29, 1.82) is 0 Å². The molecular formula is C15H21F3N2O3S. The highest BCUT2D eigenvalue weighted by molar-refractivity contribution is 7.90. The maximum Gasteiger partial charge on any atom is 0.418 e. The maximum atomic E-state index is 12.8. The summed E-state index contributed by atoms with van der Waals surface area (Å²) in [6, 6.07) is 4.75. The van der Waals surface area contributed by atoms with Crippen molar-refractivity contribution in [1.82, 2.24) is 4.72 Å². The molecule has 1 amide bonds. The van der Waals surface area contributed by atoms with Crippen molar-refractivity contribution in [2.75, 3.05) is 11.9 Å². The number of alkyl halides is 3. The highest BCUT2D eigenvalue weighted by Gasteiger charge is 2.33. The molecule has 0 saturated carbocycles. The molecule has 0 aliphatic rings. The predicted octanol–water partition coefficient (Wildman–Crippen LogP) is 3.14. The number of sulfonamides is 1. The first kappa shape index (κ1) is 20.4. The average molecular weight is 366 g/mol. The molecule has 0 spiro atoms. The minimum atomic E-state index is -4.54. The highest BCUT2D eigenvalue weighted by atomic mass is 32.2. The van der Waals surface area contributed by atoms with Crippen LogP contribution in [0.5, 0.6) is 0 Å². The summed E-state index contributed by atoms with van der Waals surface area (Å²) in [5.74, 6) is -0.543. The second kappa shape index (κ2) is 8.48. The van der Waals surface area contributed by atoms with Crippen LogP contribution in [-0.4, -0.2) is 26.1 Å². The van der Waals surface area contributed by atoms with Crippen molar-refractivity contribution >= 4 is 21.6 Å². The van der Waals surface area contributed by atoms with Gasteiger partial charge in [0.05, 0.1) is 16.5 Å². The molecule has 0 aliphatic carbocycles. The van der Waals surface area contributed by atoms with E-state index in [2.05, 4.69) is 10.0 Å². The molecule has 0 radical (unpaired) electrons. The number of rotatable bonds is 8. The Balaban J connectivity index is 2.44. The molecule has 136 valence electrons. The molecule has 1 rings (SSSR count). The topological polar surface area (TPSA) is 75.3 Å². The van der Waals surface area contributed by atoms with E-state index in [0.717, 1.165) is 6.07 Å². The van der Waals surface area contributed by atoms with Crippen LogP contribution in [0, 0.1) is 0 Å². The van der Waals surface area contributed by atoms with Gasteiger partial charge in [-0.1, -0.05) is 12.1 Å². The summed E-state index contributed by atoms with van der Waals surface area (Å²) >= 11 is 0. The second-order valence-electron chi connectivity index (χ2n) is 5.54. The molecule has 0 unspecified atom stereocenters. The Bertz CT molecular complexity index is 658. The van der Waals surface area contributed by atoms with Gasteiger partial charge in [0.1, 0.15) is 0 Å². The number of carbonyl (C=O) groups excluding carboxylic acids is 1. The summed E-state index contributed by atoms with van der Waals surface area (Å²) in [5.41, 5.74) is -1.18.